The molecule has 2 aromatic rings. The molecule has 23 heavy (non-hydrogen) atoms. The average molecular weight is 313 g/mol. The van der Waals surface area contributed by atoms with Crippen LogP contribution >= 0.6 is 0 Å². The van der Waals surface area contributed by atoms with Crippen LogP contribution in [0.3, 0.4) is 0 Å². The topological polar surface area (TPSA) is 76.4 Å². The third kappa shape index (κ3) is 4.14. The second-order valence-electron chi connectivity index (χ2n) is 4.57. The fraction of sp³-hybridized carbons (Fsp3) is 0.118. The van der Waals surface area contributed by atoms with Crippen LogP contribution in [0.15, 0.2) is 42.5 Å². The molecule has 0 bridgehead atoms. The number of halogens is 1. The molecule has 0 aliphatic rings. The zero-order valence-electron chi connectivity index (χ0n) is 12.2. The molecule has 0 N–H and O–H groups in total. The zero-order chi connectivity index (χ0) is 16.8. The highest BCUT2D eigenvalue weighted by atomic mass is 19.1. The first-order valence-electron chi connectivity index (χ1n) is 6.58. The van der Waals surface area contributed by atoms with Gasteiger partial charge in [0.25, 0.3) is 0 Å². The van der Waals surface area contributed by atoms with Gasteiger partial charge in [-0.2, -0.15) is 5.26 Å². The molecule has 5 nitrogen and oxygen atoms in total. The normalized spacial score (nSPS) is 9.78. The number of methoxy groups -OCH3 is 1. The van der Waals surface area contributed by atoms with E-state index >= 15 is 0 Å². The summed E-state index contributed by atoms with van der Waals surface area (Å²) in [5, 5.41) is 8.96. The van der Waals surface area contributed by atoms with Crippen LogP contribution in [-0.2, 0) is 4.74 Å². The Bertz CT molecular complexity index is 778. The molecule has 0 atom stereocenters. The van der Waals surface area contributed by atoms with E-state index < -0.39 is 11.8 Å². The minimum Gasteiger partial charge on any atom is -0.485 e. The summed E-state index contributed by atoms with van der Waals surface area (Å²) in [6.45, 7) is -0.304. The molecule has 0 fully saturated rings. The molecular weight excluding hydrogens is 301 g/mol. The van der Waals surface area contributed by atoms with Gasteiger partial charge in [-0.3, -0.25) is 4.79 Å². The van der Waals surface area contributed by atoms with Crippen LogP contribution in [0.1, 0.15) is 26.3 Å². The maximum Gasteiger partial charge on any atom is 0.338 e. The summed E-state index contributed by atoms with van der Waals surface area (Å²) < 4.78 is 22.7. The molecule has 0 spiro atoms. The van der Waals surface area contributed by atoms with E-state index in [2.05, 4.69) is 4.74 Å². The van der Waals surface area contributed by atoms with Crippen molar-refractivity contribution in [3.05, 3.63) is 65.0 Å². The molecule has 6 heteroatoms. The van der Waals surface area contributed by atoms with E-state index in [0.29, 0.717) is 5.56 Å². The largest absolute Gasteiger partial charge is 0.485 e. The minimum atomic E-state index is -0.614. The number of carbonyl (C=O) groups excluding carboxylic acids is 2. The summed E-state index contributed by atoms with van der Waals surface area (Å²) in [5.74, 6) is -1.21. The standard InChI is InChI=1S/C17H12FNO4/c1-22-17(21)13-6-11(9-19)7-15(8-13)23-10-16(20)12-2-4-14(18)5-3-12/h2-8H,10H2,1H3. The van der Waals surface area contributed by atoms with E-state index in [4.69, 9.17) is 10.00 Å². The van der Waals surface area contributed by atoms with Crippen molar-refractivity contribution in [3.63, 3.8) is 0 Å². The van der Waals surface area contributed by atoms with Crippen molar-refractivity contribution in [2.24, 2.45) is 0 Å². The number of nitrogens with zero attached hydrogens (tertiary/aromatic N) is 1. The molecular formula is C17H12FNO4. The lowest BCUT2D eigenvalue weighted by Crippen LogP contribution is -2.12. The lowest BCUT2D eigenvalue weighted by Gasteiger charge is -2.08. The molecule has 2 rings (SSSR count). The van der Waals surface area contributed by atoms with Crippen molar-refractivity contribution >= 4 is 11.8 Å². The third-order valence-electron chi connectivity index (χ3n) is 2.99. The number of esters is 1. The quantitative estimate of drug-likeness (QED) is 0.626. The zero-order valence-corrected chi connectivity index (χ0v) is 12.2. The van der Waals surface area contributed by atoms with Crippen LogP contribution in [-0.4, -0.2) is 25.5 Å². The van der Waals surface area contributed by atoms with E-state index in [-0.39, 0.29) is 29.3 Å². The average Bonchev–Trinajstić information content (AvgIpc) is 2.59. The lowest BCUT2D eigenvalue weighted by atomic mass is 10.1. The van der Waals surface area contributed by atoms with Crippen LogP contribution in [0.2, 0.25) is 0 Å². The predicted molar refractivity (Wildman–Crippen MR) is 78.7 cm³/mol. The van der Waals surface area contributed by atoms with Gasteiger partial charge < -0.3 is 9.47 Å². The second-order valence-corrected chi connectivity index (χ2v) is 4.57. The van der Waals surface area contributed by atoms with E-state index in [1.165, 1.54) is 49.6 Å². The molecule has 2 aromatic carbocycles. The number of hydrogen-bond donors (Lipinski definition) is 0. The van der Waals surface area contributed by atoms with E-state index in [1.54, 1.807) is 0 Å². The highest BCUT2D eigenvalue weighted by molar-refractivity contribution is 5.97. The number of ketones is 1. The molecule has 0 aromatic heterocycles. The maximum absolute atomic E-state index is 12.8. The van der Waals surface area contributed by atoms with Gasteiger partial charge in [0.1, 0.15) is 11.6 Å². The van der Waals surface area contributed by atoms with Gasteiger partial charge >= 0.3 is 5.97 Å². The monoisotopic (exact) mass is 313 g/mol. The molecule has 0 saturated heterocycles. The van der Waals surface area contributed by atoms with Crippen molar-refractivity contribution < 1.29 is 23.5 Å². The van der Waals surface area contributed by atoms with Crippen molar-refractivity contribution in [3.8, 4) is 11.8 Å². The van der Waals surface area contributed by atoms with Crippen molar-refractivity contribution in [1.29, 1.82) is 5.26 Å². The molecule has 0 heterocycles. The molecule has 0 radical (unpaired) electrons. The van der Waals surface area contributed by atoms with Gasteiger partial charge in [0, 0.05) is 5.56 Å². The Morgan fingerprint density at radius 3 is 2.43 bits per heavy atom. The van der Waals surface area contributed by atoms with E-state index in [0.717, 1.165) is 0 Å². The van der Waals surface area contributed by atoms with Gasteiger partial charge in [-0.15, -0.1) is 0 Å². The Balaban J connectivity index is 2.13. The van der Waals surface area contributed by atoms with Crippen LogP contribution < -0.4 is 4.74 Å². The van der Waals surface area contributed by atoms with Crippen LogP contribution in [0.25, 0.3) is 0 Å². The molecule has 0 saturated carbocycles. The molecule has 116 valence electrons. The fourth-order valence-corrected chi connectivity index (χ4v) is 1.85. The number of ether oxygens (including phenoxy) is 2. The Morgan fingerprint density at radius 1 is 1.13 bits per heavy atom. The Hall–Kier alpha value is -3.20. The van der Waals surface area contributed by atoms with Gasteiger partial charge in [0.15, 0.2) is 12.4 Å². The summed E-state index contributed by atoms with van der Waals surface area (Å²) in [5.41, 5.74) is 0.656. The van der Waals surface area contributed by atoms with E-state index in [9.17, 15) is 14.0 Å². The van der Waals surface area contributed by atoms with Crippen LogP contribution in [0, 0.1) is 17.1 Å². The molecule has 0 aliphatic heterocycles. The van der Waals surface area contributed by atoms with Crippen LogP contribution in [0.4, 0.5) is 4.39 Å². The number of benzene rings is 2. The smallest absolute Gasteiger partial charge is 0.338 e. The highest BCUT2D eigenvalue weighted by Crippen LogP contribution is 2.18. The second kappa shape index (κ2) is 7.18. The van der Waals surface area contributed by atoms with Gasteiger partial charge in [-0.1, -0.05) is 0 Å². The third-order valence-corrected chi connectivity index (χ3v) is 2.99. The highest BCUT2D eigenvalue weighted by Gasteiger charge is 2.12. The molecule has 0 aliphatic carbocycles. The van der Waals surface area contributed by atoms with Crippen molar-refractivity contribution in [2.45, 2.75) is 0 Å². The SMILES string of the molecule is COC(=O)c1cc(C#N)cc(OCC(=O)c2ccc(F)cc2)c1. The summed E-state index contributed by atoms with van der Waals surface area (Å²) >= 11 is 0. The summed E-state index contributed by atoms with van der Waals surface area (Å²) in [6.07, 6.45) is 0. The Morgan fingerprint density at radius 2 is 1.83 bits per heavy atom. The Labute approximate surface area is 131 Å². The van der Waals surface area contributed by atoms with Crippen molar-refractivity contribution in [1.82, 2.24) is 0 Å². The van der Waals surface area contributed by atoms with E-state index in [1.807, 2.05) is 6.07 Å². The summed E-state index contributed by atoms with van der Waals surface area (Å²) in [4.78, 5) is 23.5. The fourth-order valence-electron chi connectivity index (χ4n) is 1.85. The number of Topliss-reactive ketones (excluding diaryl/α,β-unsaturated/α-hetero) is 1. The molecule has 0 unspecified atom stereocenters. The van der Waals surface area contributed by atoms with Crippen LogP contribution in [0.5, 0.6) is 5.75 Å². The number of hydrogen-bond acceptors (Lipinski definition) is 5. The van der Waals surface area contributed by atoms with Gasteiger partial charge in [-0.25, -0.2) is 9.18 Å². The summed E-state index contributed by atoms with van der Waals surface area (Å²) in [6, 6.07) is 11.1. The minimum absolute atomic E-state index is 0.149. The summed E-state index contributed by atoms with van der Waals surface area (Å²) in [7, 11) is 1.22. The number of nitriles is 1. The first-order chi connectivity index (χ1) is 11.0. The first-order valence-corrected chi connectivity index (χ1v) is 6.58. The Kier molecular flexibility index (Phi) is 5.05. The van der Waals surface area contributed by atoms with Gasteiger partial charge in [-0.05, 0) is 42.5 Å². The first kappa shape index (κ1) is 16.2. The van der Waals surface area contributed by atoms with Gasteiger partial charge in [0.2, 0.25) is 0 Å². The molecule has 0 amide bonds. The van der Waals surface area contributed by atoms with Crippen molar-refractivity contribution in [2.75, 3.05) is 13.7 Å². The number of carbonyl (C=O) groups is 2. The maximum atomic E-state index is 12.8. The van der Waals surface area contributed by atoms with Gasteiger partial charge in [0.05, 0.1) is 24.3 Å². The predicted octanol–water partition coefficient (Wildman–Crippen LogP) is 2.75. The lowest BCUT2D eigenvalue weighted by molar-refractivity contribution is 0.0600. The number of rotatable bonds is 5.